The van der Waals surface area contributed by atoms with Crippen LogP contribution in [0.2, 0.25) is 0 Å². The van der Waals surface area contributed by atoms with Crippen LogP contribution in [0, 0.1) is 0 Å². The summed E-state index contributed by atoms with van der Waals surface area (Å²) in [7, 11) is 0. The van der Waals surface area contributed by atoms with Crippen molar-refractivity contribution in [3.63, 3.8) is 0 Å². The van der Waals surface area contributed by atoms with E-state index in [2.05, 4.69) is 16.7 Å². The first kappa shape index (κ1) is 15.1. The molecule has 0 fully saturated rings. The van der Waals surface area contributed by atoms with E-state index in [1.165, 1.54) is 17.7 Å². The van der Waals surface area contributed by atoms with Gasteiger partial charge in [0.1, 0.15) is 11.5 Å². The van der Waals surface area contributed by atoms with Gasteiger partial charge in [0.2, 0.25) is 5.78 Å². The highest BCUT2D eigenvalue weighted by atomic mass is 16.5. The lowest BCUT2D eigenvalue weighted by molar-refractivity contribution is -0.688. The van der Waals surface area contributed by atoms with Crippen molar-refractivity contribution in [1.82, 2.24) is 0 Å². The molecular weight excluding hydrogens is 314 g/mol. The molecule has 4 rings (SSSR count). The van der Waals surface area contributed by atoms with Gasteiger partial charge in [0, 0.05) is 23.8 Å². The molecule has 0 saturated heterocycles. The van der Waals surface area contributed by atoms with Crippen LogP contribution in [0.25, 0.3) is 6.08 Å². The largest absolute Gasteiger partial charge is 0.508 e. The maximum absolute atomic E-state index is 12.3. The van der Waals surface area contributed by atoms with Gasteiger partial charge in [-0.25, -0.2) is 4.57 Å². The number of Topliss-reactive ketones (excluding diaryl/α,β-unsaturated/α-hetero) is 1. The maximum Gasteiger partial charge on any atom is 0.231 e. The molecule has 122 valence electrons. The molecule has 1 N–H and O–H groups in total. The fourth-order valence-electron chi connectivity index (χ4n) is 2.79. The number of allylic oxidation sites excluding steroid dienone is 1. The van der Waals surface area contributed by atoms with E-state index in [9.17, 15) is 9.90 Å². The first-order valence-corrected chi connectivity index (χ1v) is 7.99. The van der Waals surface area contributed by atoms with Crippen LogP contribution < -0.4 is 9.30 Å². The Balaban J connectivity index is 1.53. The number of phenols is 1. The number of ketones is 1. The molecule has 0 saturated carbocycles. The van der Waals surface area contributed by atoms with Crippen molar-refractivity contribution in [2.45, 2.75) is 6.54 Å². The Morgan fingerprint density at radius 1 is 1.00 bits per heavy atom. The Morgan fingerprint density at radius 2 is 1.76 bits per heavy atom. The zero-order valence-electron chi connectivity index (χ0n) is 13.4. The molecular formula is C21H16NO3+. The summed E-state index contributed by atoms with van der Waals surface area (Å²) >= 11 is 0. The quantitative estimate of drug-likeness (QED) is 0.592. The van der Waals surface area contributed by atoms with Crippen molar-refractivity contribution in [1.29, 1.82) is 0 Å². The van der Waals surface area contributed by atoms with Gasteiger partial charge in [0.25, 0.3) is 0 Å². The van der Waals surface area contributed by atoms with E-state index in [0.29, 0.717) is 11.3 Å². The molecule has 3 aromatic rings. The molecule has 0 spiro atoms. The molecule has 0 bridgehead atoms. The van der Waals surface area contributed by atoms with Crippen molar-refractivity contribution in [2.75, 3.05) is 0 Å². The molecule has 2 aromatic carbocycles. The minimum absolute atomic E-state index is 0.0782. The number of ether oxygens (including phenoxy) is 1. The van der Waals surface area contributed by atoms with Gasteiger partial charge >= 0.3 is 0 Å². The molecule has 4 nitrogen and oxygen atoms in total. The number of aromatic nitrogens is 1. The number of carbonyl (C=O) groups excluding carboxylic acids is 1. The number of nitrogens with zero attached hydrogens (tertiary/aromatic N) is 1. The van der Waals surface area contributed by atoms with E-state index in [-0.39, 0.29) is 17.3 Å². The molecule has 1 aromatic heterocycles. The summed E-state index contributed by atoms with van der Waals surface area (Å²) in [6.45, 7) is 0.790. The topological polar surface area (TPSA) is 50.4 Å². The van der Waals surface area contributed by atoms with Crippen LogP contribution in [0.5, 0.6) is 11.5 Å². The molecule has 1 aliphatic heterocycles. The van der Waals surface area contributed by atoms with E-state index in [1.54, 1.807) is 12.1 Å². The van der Waals surface area contributed by atoms with E-state index in [0.717, 1.165) is 12.1 Å². The standard InChI is InChI=1S/C21H15NO3/c23-17-6-7-18-19(13-17)25-20(21(18)24)12-15-8-10-22(11-9-15)14-16-4-2-1-3-5-16/h1-13H,14H2/p+1. The number of aromatic hydroxyl groups is 1. The molecule has 0 aliphatic carbocycles. The molecule has 0 amide bonds. The Bertz CT molecular complexity index is 960. The minimum Gasteiger partial charge on any atom is -0.508 e. The van der Waals surface area contributed by atoms with E-state index in [1.807, 2.05) is 42.7 Å². The molecule has 1 aliphatic rings. The smallest absolute Gasteiger partial charge is 0.231 e. The third-order valence-corrected chi connectivity index (χ3v) is 4.08. The van der Waals surface area contributed by atoms with Gasteiger partial charge in [-0.05, 0) is 23.8 Å². The predicted octanol–water partition coefficient (Wildman–Crippen LogP) is 3.34. The monoisotopic (exact) mass is 330 g/mol. The SMILES string of the molecule is O=C1C(=Cc2cc[n+](Cc3ccccc3)cc2)Oc2cc(O)ccc21. The van der Waals surface area contributed by atoms with E-state index in [4.69, 9.17) is 4.74 Å². The fourth-order valence-corrected chi connectivity index (χ4v) is 2.79. The van der Waals surface area contributed by atoms with Crippen LogP contribution in [-0.4, -0.2) is 10.9 Å². The Hall–Kier alpha value is -3.40. The molecule has 4 heteroatoms. The van der Waals surface area contributed by atoms with Gasteiger partial charge in [0.05, 0.1) is 5.56 Å². The lowest BCUT2D eigenvalue weighted by Gasteiger charge is -2.00. The summed E-state index contributed by atoms with van der Waals surface area (Å²) < 4.78 is 7.65. The summed E-state index contributed by atoms with van der Waals surface area (Å²) in [5, 5.41) is 9.50. The number of fused-ring (bicyclic) bond motifs is 1. The van der Waals surface area contributed by atoms with Gasteiger partial charge in [-0.15, -0.1) is 0 Å². The third kappa shape index (κ3) is 3.15. The van der Waals surface area contributed by atoms with Gasteiger partial charge < -0.3 is 9.84 Å². The van der Waals surface area contributed by atoms with Crippen LogP contribution in [-0.2, 0) is 6.54 Å². The molecule has 0 radical (unpaired) electrons. The van der Waals surface area contributed by atoms with Crippen LogP contribution in [0.4, 0.5) is 0 Å². The summed E-state index contributed by atoms with van der Waals surface area (Å²) in [6.07, 6.45) is 5.65. The first-order chi connectivity index (χ1) is 12.2. The summed E-state index contributed by atoms with van der Waals surface area (Å²) in [4.78, 5) is 12.3. The highest BCUT2D eigenvalue weighted by Crippen LogP contribution is 2.34. The van der Waals surface area contributed by atoms with E-state index < -0.39 is 0 Å². The van der Waals surface area contributed by atoms with Crippen molar-refractivity contribution < 1.29 is 19.2 Å². The van der Waals surface area contributed by atoms with Crippen molar-refractivity contribution in [2.24, 2.45) is 0 Å². The van der Waals surface area contributed by atoms with Crippen LogP contribution in [0.1, 0.15) is 21.5 Å². The molecule has 0 atom stereocenters. The minimum atomic E-state index is -0.170. The average Bonchev–Trinajstić information content (AvgIpc) is 2.92. The number of rotatable bonds is 3. The second-order valence-corrected chi connectivity index (χ2v) is 5.91. The zero-order chi connectivity index (χ0) is 17.2. The zero-order valence-corrected chi connectivity index (χ0v) is 13.4. The second kappa shape index (κ2) is 6.24. The van der Waals surface area contributed by atoms with Crippen molar-refractivity contribution in [3.05, 3.63) is 95.5 Å². The summed E-state index contributed by atoms with van der Waals surface area (Å²) in [5.74, 6) is 0.568. The maximum atomic E-state index is 12.3. The van der Waals surface area contributed by atoms with E-state index >= 15 is 0 Å². The Labute approximate surface area is 145 Å². The Morgan fingerprint density at radius 3 is 2.52 bits per heavy atom. The second-order valence-electron chi connectivity index (χ2n) is 5.91. The Kier molecular flexibility index (Phi) is 3.78. The van der Waals surface area contributed by atoms with Crippen molar-refractivity contribution in [3.8, 4) is 11.5 Å². The molecule has 25 heavy (non-hydrogen) atoms. The fraction of sp³-hybridized carbons (Fsp3) is 0.0476. The lowest BCUT2D eigenvalue weighted by atomic mass is 10.1. The van der Waals surface area contributed by atoms with Gasteiger partial charge in [-0.3, -0.25) is 4.79 Å². The number of phenolic OH excluding ortho intramolecular Hbond substituents is 1. The van der Waals surface area contributed by atoms with Crippen LogP contribution >= 0.6 is 0 Å². The normalized spacial score (nSPS) is 14.4. The first-order valence-electron chi connectivity index (χ1n) is 7.99. The molecule has 0 unspecified atom stereocenters. The lowest BCUT2D eigenvalue weighted by Crippen LogP contribution is -2.33. The number of hydrogen-bond donors (Lipinski definition) is 1. The van der Waals surface area contributed by atoms with Gasteiger partial charge in [0.15, 0.2) is 24.7 Å². The predicted molar refractivity (Wildman–Crippen MR) is 93.2 cm³/mol. The third-order valence-electron chi connectivity index (χ3n) is 4.08. The number of hydrogen-bond acceptors (Lipinski definition) is 3. The number of pyridine rings is 1. The number of carbonyl (C=O) groups is 1. The summed E-state index contributed by atoms with van der Waals surface area (Å²) in [5.41, 5.74) is 2.58. The average molecular weight is 330 g/mol. The summed E-state index contributed by atoms with van der Waals surface area (Å²) in [6, 6.07) is 18.6. The van der Waals surface area contributed by atoms with Gasteiger partial charge in [-0.1, -0.05) is 30.3 Å². The number of benzene rings is 2. The van der Waals surface area contributed by atoms with Gasteiger partial charge in [-0.2, -0.15) is 0 Å². The molecule has 2 heterocycles. The van der Waals surface area contributed by atoms with Crippen molar-refractivity contribution >= 4 is 11.9 Å². The highest BCUT2D eigenvalue weighted by Gasteiger charge is 2.27. The van der Waals surface area contributed by atoms with Crippen LogP contribution in [0.15, 0.2) is 78.8 Å². The highest BCUT2D eigenvalue weighted by molar-refractivity contribution is 6.14. The van der Waals surface area contributed by atoms with Crippen LogP contribution in [0.3, 0.4) is 0 Å².